The second-order valence-electron chi connectivity index (χ2n) is 12.5. The van der Waals surface area contributed by atoms with E-state index >= 15 is 0 Å². The van der Waals surface area contributed by atoms with Crippen LogP contribution in [-0.4, -0.2) is 35.1 Å². The molecule has 0 radical (unpaired) electrons. The van der Waals surface area contributed by atoms with Gasteiger partial charge in [0.2, 0.25) is 0 Å². The first-order valence-corrected chi connectivity index (χ1v) is 16.1. The quantitative estimate of drug-likeness (QED) is 0.163. The molecule has 0 saturated carbocycles. The topological polar surface area (TPSA) is 105 Å². The first-order valence-electron chi connectivity index (χ1n) is 13.9. The lowest BCUT2D eigenvalue weighted by atomic mass is 9.63. The van der Waals surface area contributed by atoms with Crippen LogP contribution in [0.4, 0.5) is 0 Å². The summed E-state index contributed by atoms with van der Waals surface area (Å²) < 4.78 is 22.6. The van der Waals surface area contributed by atoms with Gasteiger partial charge in [-0.1, -0.05) is 69.6 Å². The van der Waals surface area contributed by atoms with Crippen LogP contribution in [0.5, 0.6) is 11.5 Å². The Balaban J connectivity index is 1.92. The van der Waals surface area contributed by atoms with Crippen LogP contribution in [0.3, 0.4) is 0 Å². The number of ether oxygens (including phenoxy) is 4. The van der Waals surface area contributed by atoms with E-state index < -0.39 is 46.9 Å². The molecular formula is C32H28Cl6O8. The fraction of sp³-hybridized carbons (Fsp3) is 0.375. The fourth-order valence-electron chi connectivity index (χ4n) is 5.10. The van der Waals surface area contributed by atoms with Crippen molar-refractivity contribution >= 4 is 93.5 Å². The minimum Gasteiger partial charge on any atom is -0.457 e. The Kier molecular flexibility index (Phi) is 10.7. The molecule has 8 nitrogen and oxygen atoms in total. The summed E-state index contributed by atoms with van der Waals surface area (Å²) in [6.45, 7) is 9.92. The number of carbonyl (C=O) groups excluding carboxylic acids is 4. The van der Waals surface area contributed by atoms with Crippen molar-refractivity contribution in [1.82, 2.24) is 0 Å². The van der Waals surface area contributed by atoms with Gasteiger partial charge in [0.25, 0.3) is 0 Å². The molecule has 0 N–H and O–H groups in total. The molecule has 3 aliphatic carbocycles. The summed E-state index contributed by atoms with van der Waals surface area (Å²) in [6, 6.07) is 5.03. The monoisotopic (exact) mass is 750 g/mol. The number of hydrogen-bond donors (Lipinski definition) is 0. The molecule has 0 amide bonds. The lowest BCUT2D eigenvalue weighted by molar-refractivity contribution is -0.155. The van der Waals surface area contributed by atoms with Gasteiger partial charge in [0.15, 0.2) is 11.5 Å². The zero-order valence-electron chi connectivity index (χ0n) is 25.4. The number of halogens is 6. The highest BCUT2D eigenvalue weighted by atomic mass is 35.5. The molecule has 2 aromatic carbocycles. The lowest BCUT2D eigenvalue weighted by Gasteiger charge is -2.41. The molecule has 3 aliphatic rings. The van der Waals surface area contributed by atoms with E-state index in [0.29, 0.717) is 0 Å². The highest BCUT2D eigenvalue weighted by molar-refractivity contribution is 6.44. The fourth-order valence-corrected chi connectivity index (χ4v) is 6.25. The Labute approximate surface area is 295 Å². The van der Waals surface area contributed by atoms with Gasteiger partial charge in [-0.25, -0.2) is 19.2 Å². The predicted octanol–water partition coefficient (Wildman–Crippen LogP) is 9.43. The third kappa shape index (κ3) is 7.97. The van der Waals surface area contributed by atoms with Crippen LogP contribution in [0.25, 0.3) is 0 Å². The van der Waals surface area contributed by atoms with Crippen molar-refractivity contribution in [2.45, 2.75) is 65.6 Å². The standard InChI is InChI=1S/C32H28Cl6O8/c1-31(2,3)45-29(41)25-13-7-8-14(26(25)30(42)46-32(4,5)6)24(28(40)44-22-12-18(36)16(34)10-20(22)38)23(13)27(39)43-21-11-17(35)15(33)9-19(21)37/h9-14H,7-8H2,1-6H3/t13-,14+. The zero-order chi connectivity index (χ0) is 34.5. The third-order valence-corrected chi connectivity index (χ3v) is 8.79. The molecule has 0 heterocycles. The molecule has 2 atom stereocenters. The van der Waals surface area contributed by atoms with Crippen molar-refractivity contribution < 1.29 is 38.1 Å². The first kappa shape index (κ1) is 36.4. The minimum atomic E-state index is -1.14. The van der Waals surface area contributed by atoms with Crippen molar-refractivity contribution in [3.05, 3.63) is 76.7 Å². The number of esters is 4. The Morgan fingerprint density at radius 1 is 0.500 bits per heavy atom. The molecule has 46 heavy (non-hydrogen) atoms. The van der Waals surface area contributed by atoms with E-state index in [1.165, 1.54) is 24.3 Å². The molecule has 0 aliphatic heterocycles. The van der Waals surface area contributed by atoms with Gasteiger partial charge in [0.1, 0.15) is 11.2 Å². The molecule has 0 unspecified atom stereocenters. The van der Waals surface area contributed by atoms with E-state index in [-0.39, 0.29) is 76.8 Å². The molecule has 5 rings (SSSR count). The van der Waals surface area contributed by atoms with Crippen molar-refractivity contribution in [1.29, 1.82) is 0 Å². The van der Waals surface area contributed by atoms with Gasteiger partial charge in [0.05, 0.1) is 52.4 Å². The zero-order valence-corrected chi connectivity index (χ0v) is 29.9. The number of benzene rings is 2. The molecule has 2 aromatic rings. The molecule has 0 saturated heterocycles. The Morgan fingerprint density at radius 2 is 0.783 bits per heavy atom. The number of hydrogen-bond acceptors (Lipinski definition) is 8. The third-order valence-electron chi connectivity index (χ3n) is 6.75. The minimum absolute atomic E-state index is 0.0449. The Morgan fingerprint density at radius 3 is 1.09 bits per heavy atom. The number of carbonyl (C=O) groups is 4. The van der Waals surface area contributed by atoms with E-state index in [0.717, 1.165) is 0 Å². The Bertz CT molecular complexity index is 1590. The highest BCUT2D eigenvalue weighted by Gasteiger charge is 2.52. The summed E-state index contributed by atoms with van der Waals surface area (Å²) in [4.78, 5) is 55.5. The SMILES string of the molecule is CC(C)(C)OC(=O)C1=C(C(=O)OC(C)(C)C)[C@H]2CC[C@@H]1C(C(=O)Oc1cc(Cl)c(Cl)cc1Cl)=C2C(=O)Oc1cc(Cl)c(Cl)cc1Cl. The van der Waals surface area contributed by atoms with Gasteiger partial charge >= 0.3 is 23.9 Å². The van der Waals surface area contributed by atoms with Crippen LogP contribution in [0.2, 0.25) is 30.1 Å². The maximum atomic E-state index is 14.0. The van der Waals surface area contributed by atoms with E-state index in [4.69, 9.17) is 88.6 Å². The van der Waals surface area contributed by atoms with E-state index in [1.807, 2.05) is 0 Å². The molecule has 2 bridgehead atoms. The molecule has 0 aromatic heterocycles. The summed E-state index contributed by atoms with van der Waals surface area (Å²) in [5.74, 6) is -6.41. The average molecular weight is 753 g/mol. The number of rotatable bonds is 6. The molecule has 0 spiro atoms. The van der Waals surface area contributed by atoms with Gasteiger partial charge in [-0.15, -0.1) is 0 Å². The molecule has 0 fully saturated rings. The van der Waals surface area contributed by atoms with Crippen LogP contribution >= 0.6 is 69.6 Å². The Hall–Kier alpha value is -2.46. The summed E-state index contributed by atoms with van der Waals surface area (Å²) >= 11 is 36.9. The van der Waals surface area contributed by atoms with E-state index in [2.05, 4.69) is 0 Å². The van der Waals surface area contributed by atoms with Crippen molar-refractivity contribution in [3.8, 4) is 11.5 Å². The highest BCUT2D eigenvalue weighted by Crippen LogP contribution is 2.51. The normalized spacial score (nSPS) is 18.0. The molecule has 246 valence electrons. The number of fused-ring (bicyclic) bond motifs is 1. The average Bonchev–Trinajstić information content (AvgIpc) is 2.91. The smallest absolute Gasteiger partial charge is 0.340 e. The van der Waals surface area contributed by atoms with E-state index in [9.17, 15) is 19.2 Å². The van der Waals surface area contributed by atoms with Crippen molar-refractivity contribution in [2.24, 2.45) is 11.8 Å². The van der Waals surface area contributed by atoms with Crippen LogP contribution in [0.1, 0.15) is 54.4 Å². The maximum absolute atomic E-state index is 14.0. The first-order chi connectivity index (χ1) is 21.2. The van der Waals surface area contributed by atoms with Crippen LogP contribution in [-0.2, 0) is 28.7 Å². The van der Waals surface area contributed by atoms with Crippen LogP contribution < -0.4 is 9.47 Å². The van der Waals surface area contributed by atoms with Crippen molar-refractivity contribution in [2.75, 3.05) is 0 Å². The van der Waals surface area contributed by atoms with Gasteiger partial charge < -0.3 is 18.9 Å². The second-order valence-corrected chi connectivity index (χ2v) is 15.0. The summed E-state index contributed by atoms with van der Waals surface area (Å²) in [6.07, 6.45) is 0.352. The van der Waals surface area contributed by atoms with Gasteiger partial charge in [-0.3, -0.25) is 0 Å². The largest absolute Gasteiger partial charge is 0.457 e. The summed E-state index contributed by atoms with van der Waals surface area (Å²) in [5.41, 5.74) is -2.68. The van der Waals surface area contributed by atoms with Gasteiger partial charge in [-0.05, 0) is 66.5 Å². The van der Waals surface area contributed by atoms with E-state index in [1.54, 1.807) is 41.5 Å². The molecule has 14 heteroatoms. The lowest BCUT2D eigenvalue weighted by Crippen LogP contribution is -2.44. The van der Waals surface area contributed by atoms with Crippen LogP contribution in [0.15, 0.2) is 46.6 Å². The maximum Gasteiger partial charge on any atom is 0.340 e. The van der Waals surface area contributed by atoms with Gasteiger partial charge in [0, 0.05) is 24.0 Å². The van der Waals surface area contributed by atoms with Crippen LogP contribution in [0, 0.1) is 11.8 Å². The van der Waals surface area contributed by atoms with Crippen molar-refractivity contribution in [3.63, 3.8) is 0 Å². The summed E-state index contributed by atoms with van der Waals surface area (Å²) in [7, 11) is 0. The van der Waals surface area contributed by atoms with Gasteiger partial charge in [-0.2, -0.15) is 0 Å². The molecular weight excluding hydrogens is 725 g/mol. The predicted molar refractivity (Wildman–Crippen MR) is 176 cm³/mol. The second kappa shape index (κ2) is 13.6. The summed E-state index contributed by atoms with van der Waals surface area (Å²) in [5, 5.41) is 0.221.